The fourth-order valence-corrected chi connectivity index (χ4v) is 4.74. The van der Waals surface area contributed by atoms with Gasteiger partial charge in [0, 0.05) is 69.3 Å². The second-order valence-corrected chi connectivity index (χ2v) is 9.52. The Hall–Kier alpha value is -3.74. The Bertz CT molecular complexity index is 1300. The SMILES string of the molecule is CN(C(=O)CN1CC1Cn1ccc2ccc(C(N)=O)nc21)C1CCN(c2ncc(C(F)(F)F)cn2)CC1. The number of hydrogen-bond acceptors (Lipinski definition) is 7. The molecule has 37 heavy (non-hydrogen) atoms. The van der Waals surface area contributed by atoms with Crippen LogP contribution in [0.15, 0.2) is 36.8 Å². The molecule has 2 aliphatic heterocycles. The summed E-state index contributed by atoms with van der Waals surface area (Å²) in [6, 6.07) is 5.60. The molecule has 2 fully saturated rings. The third-order valence-electron chi connectivity index (χ3n) is 7.09. The highest BCUT2D eigenvalue weighted by atomic mass is 19.4. The lowest BCUT2D eigenvalue weighted by atomic mass is 10.0. The van der Waals surface area contributed by atoms with E-state index < -0.39 is 17.6 Å². The molecule has 2 aliphatic rings. The van der Waals surface area contributed by atoms with Crippen molar-refractivity contribution >= 4 is 28.8 Å². The summed E-state index contributed by atoms with van der Waals surface area (Å²) in [5, 5.41) is 0.918. The molecule has 2 saturated heterocycles. The summed E-state index contributed by atoms with van der Waals surface area (Å²) < 4.78 is 40.2. The van der Waals surface area contributed by atoms with Crippen LogP contribution in [-0.4, -0.2) is 86.4 Å². The van der Waals surface area contributed by atoms with Gasteiger partial charge in [0.05, 0.1) is 12.1 Å². The number of fused-ring (bicyclic) bond motifs is 1. The molecule has 0 aromatic carbocycles. The molecule has 2 amide bonds. The number of rotatable bonds is 7. The van der Waals surface area contributed by atoms with Gasteiger partial charge in [-0.05, 0) is 31.0 Å². The number of piperidine rings is 1. The van der Waals surface area contributed by atoms with Crippen LogP contribution >= 0.6 is 0 Å². The average Bonchev–Trinajstić information content (AvgIpc) is 3.48. The molecule has 3 aromatic rings. The summed E-state index contributed by atoms with van der Waals surface area (Å²) in [6.45, 7) is 2.87. The zero-order valence-electron chi connectivity index (χ0n) is 20.2. The highest BCUT2D eigenvalue weighted by molar-refractivity contribution is 5.93. The summed E-state index contributed by atoms with van der Waals surface area (Å²) in [5.74, 6) is -0.283. The van der Waals surface area contributed by atoms with Gasteiger partial charge in [0.15, 0.2) is 0 Å². The third kappa shape index (κ3) is 5.36. The van der Waals surface area contributed by atoms with Gasteiger partial charge in [-0.25, -0.2) is 15.0 Å². The standard InChI is InChI=1S/C24H27F3N8O2/c1-32(17-5-8-33(9-6-17)23-29-10-16(11-30-23)24(25,26)27)20(36)14-35-13-18(35)12-34-7-4-15-2-3-19(21(28)37)31-22(15)34/h2-4,7,10-11,17-18H,5-6,8-9,12-14H2,1H3,(H2,28,37). The number of hydrogen-bond donors (Lipinski definition) is 1. The van der Waals surface area contributed by atoms with Crippen molar-refractivity contribution in [3.63, 3.8) is 0 Å². The second kappa shape index (κ2) is 9.61. The van der Waals surface area contributed by atoms with Crippen LogP contribution in [0.5, 0.6) is 0 Å². The van der Waals surface area contributed by atoms with Crippen LogP contribution in [0.3, 0.4) is 0 Å². The second-order valence-electron chi connectivity index (χ2n) is 9.52. The van der Waals surface area contributed by atoms with E-state index in [9.17, 15) is 22.8 Å². The summed E-state index contributed by atoms with van der Waals surface area (Å²) >= 11 is 0. The maximum Gasteiger partial charge on any atom is 0.419 e. The number of aromatic nitrogens is 4. The largest absolute Gasteiger partial charge is 0.419 e. The van der Waals surface area contributed by atoms with E-state index in [1.165, 1.54) is 0 Å². The van der Waals surface area contributed by atoms with Crippen molar-refractivity contribution in [3.8, 4) is 0 Å². The Balaban J connectivity index is 1.11. The molecule has 2 atom stereocenters. The molecule has 2 N–H and O–H groups in total. The van der Waals surface area contributed by atoms with Gasteiger partial charge in [0.1, 0.15) is 11.3 Å². The number of likely N-dealkylation sites (N-methyl/N-ethyl adjacent to an activating group) is 1. The van der Waals surface area contributed by atoms with Gasteiger partial charge in [-0.2, -0.15) is 13.2 Å². The number of primary amides is 1. The molecular weight excluding hydrogens is 489 g/mol. The molecule has 5 rings (SSSR count). The highest BCUT2D eigenvalue weighted by Crippen LogP contribution is 2.29. The lowest BCUT2D eigenvalue weighted by Gasteiger charge is -2.36. The minimum atomic E-state index is -4.47. The van der Waals surface area contributed by atoms with Gasteiger partial charge >= 0.3 is 6.18 Å². The van der Waals surface area contributed by atoms with Crippen LogP contribution in [0, 0.1) is 0 Å². The summed E-state index contributed by atoms with van der Waals surface area (Å²) in [5.41, 5.74) is 5.39. The molecule has 5 heterocycles. The predicted octanol–water partition coefficient (Wildman–Crippen LogP) is 1.76. The highest BCUT2D eigenvalue weighted by Gasteiger charge is 2.37. The lowest BCUT2D eigenvalue weighted by molar-refractivity contribution is -0.138. The zero-order chi connectivity index (χ0) is 26.3. The normalized spacial score (nSPS) is 20.3. The first-order chi connectivity index (χ1) is 17.6. The summed E-state index contributed by atoms with van der Waals surface area (Å²) in [4.78, 5) is 42.2. The Morgan fingerprint density at radius 2 is 1.84 bits per heavy atom. The number of carbonyl (C=O) groups excluding carboxylic acids is 2. The van der Waals surface area contributed by atoms with Gasteiger partial charge in [-0.15, -0.1) is 0 Å². The van der Waals surface area contributed by atoms with Gasteiger partial charge in [-0.3, -0.25) is 14.5 Å². The number of nitrogens with two attached hydrogens (primary N) is 1. The molecule has 196 valence electrons. The van der Waals surface area contributed by atoms with Crippen molar-refractivity contribution in [2.75, 3.05) is 38.1 Å². The summed E-state index contributed by atoms with van der Waals surface area (Å²) in [6.07, 6.45) is 0.410. The fourth-order valence-electron chi connectivity index (χ4n) is 4.74. The minimum Gasteiger partial charge on any atom is -0.364 e. The van der Waals surface area contributed by atoms with Crippen LogP contribution in [0.25, 0.3) is 11.0 Å². The number of anilines is 1. The maximum atomic E-state index is 12.9. The number of nitrogens with zero attached hydrogens (tertiary/aromatic N) is 7. The van der Waals surface area contributed by atoms with Crippen LogP contribution in [0.1, 0.15) is 28.9 Å². The molecule has 0 bridgehead atoms. The van der Waals surface area contributed by atoms with E-state index >= 15 is 0 Å². The van der Waals surface area contributed by atoms with E-state index in [1.54, 1.807) is 18.0 Å². The smallest absolute Gasteiger partial charge is 0.364 e. The quantitative estimate of drug-likeness (QED) is 0.476. The van der Waals surface area contributed by atoms with Crippen LogP contribution in [0.2, 0.25) is 0 Å². The molecule has 0 radical (unpaired) electrons. The molecular formula is C24H27F3N8O2. The number of carbonyl (C=O) groups is 2. The molecule has 2 unspecified atom stereocenters. The Kier molecular flexibility index (Phi) is 6.48. The van der Waals surface area contributed by atoms with Crippen LogP contribution < -0.4 is 10.6 Å². The molecule has 0 aliphatic carbocycles. The van der Waals surface area contributed by atoms with Crippen molar-refractivity contribution in [3.05, 3.63) is 48.0 Å². The van der Waals surface area contributed by atoms with Gasteiger partial charge in [0.25, 0.3) is 5.91 Å². The monoisotopic (exact) mass is 516 g/mol. The topological polar surface area (TPSA) is 113 Å². The van der Waals surface area contributed by atoms with Gasteiger partial charge < -0.3 is 20.1 Å². The number of pyridine rings is 1. The first-order valence-electron chi connectivity index (χ1n) is 12.0. The van der Waals surface area contributed by atoms with Crippen molar-refractivity contribution in [2.24, 2.45) is 5.73 Å². The van der Waals surface area contributed by atoms with Crippen molar-refractivity contribution in [1.29, 1.82) is 0 Å². The molecule has 13 heteroatoms. The van der Waals surface area contributed by atoms with Crippen molar-refractivity contribution in [1.82, 2.24) is 29.3 Å². The first kappa shape index (κ1) is 24.9. The predicted molar refractivity (Wildman–Crippen MR) is 129 cm³/mol. The van der Waals surface area contributed by atoms with Crippen molar-refractivity contribution in [2.45, 2.75) is 37.6 Å². The average molecular weight is 517 g/mol. The number of amides is 2. The Labute approximate surface area is 210 Å². The Morgan fingerprint density at radius 3 is 2.49 bits per heavy atom. The maximum absolute atomic E-state index is 12.9. The third-order valence-corrected chi connectivity index (χ3v) is 7.09. The Morgan fingerprint density at radius 1 is 1.14 bits per heavy atom. The van der Waals surface area contributed by atoms with Gasteiger partial charge in [0.2, 0.25) is 11.9 Å². The van der Waals surface area contributed by atoms with Gasteiger partial charge in [-0.1, -0.05) is 0 Å². The fraction of sp³-hybridized carbons (Fsp3) is 0.458. The van der Waals surface area contributed by atoms with E-state index in [2.05, 4.69) is 19.9 Å². The summed E-state index contributed by atoms with van der Waals surface area (Å²) in [7, 11) is 1.80. The molecule has 10 nitrogen and oxygen atoms in total. The van der Waals surface area contributed by atoms with E-state index in [0.717, 1.165) is 24.3 Å². The molecule has 3 aromatic heterocycles. The van der Waals surface area contributed by atoms with E-state index in [1.807, 2.05) is 27.8 Å². The first-order valence-corrected chi connectivity index (χ1v) is 12.0. The lowest BCUT2D eigenvalue weighted by Crippen LogP contribution is -2.47. The van der Waals surface area contributed by atoms with Crippen LogP contribution in [-0.2, 0) is 17.5 Å². The van der Waals surface area contributed by atoms with Crippen LogP contribution in [0.4, 0.5) is 19.1 Å². The van der Waals surface area contributed by atoms with E-state index in [4.69, 9.17) is 5.73 Å². The van der Waals surface area contributed by atoms with E-state index in [0.29, 0.717) is 44.7 Å². The number of alkyl halides is 3. The van der Waals surface area contributed by atoms with Crippen molar-refractivity contribution < 1.29 is 22.8 Å². The minimum absolute atomic E-state index is 0.0261. The molecule has 0 spiro atoms. The number of halogens is 3. The molecule has 0 saturated carbocycles. The van der Waals surface area contributed by atoms with E-state index in [-0.39, 0.29) is 29.6 Å². The zero-order valence-corrected chi connectivity index (χ0v) is 20.2.